The molecule has 1 aromatic carbocycles. The fourth-order valence-electron chi connectivity index (χ4n) is 2.72. The van der Waals surface area contributed by atoms with Crippen LogP contribution in [0.4, 0.5) is 0 Å². The van der Waals surface area contributed by atoms with Crippen LogP contribution in [0.3, 0.4) is 0 Å². The van der Waals surface area contributed by atoms with Gasteiger partial charge in [0.15, 0.2) is 0 Å². The van der Waals surface area contributed by atoms with Crippen LogP contribution in [0, 0.1) is 0 Å². The lowest BCUT2D eigenvalue weighted by atomic mass is 9.96. The van der Waals surface area contributed by atoms with Crippen LogP contribution in [-0.2, 0) is 11.2 Å². The van der Waals surface area contributed by atoms with Crippen LogP contribution in [-0.4, -0.2) is 17.3 Å². The number of carbonyl (C=O) groups excluding carboxylic acids is 1. The molecule has 0 bridgehead atoms. The standard InChI is InChI=1S/C14H16N2O/c1-9(17)8-13-14-11(6-7-15-13)10-4-2-3-5-12(10)16-14/h2-5,13,15-16H,6-8H2,1H3/t13-/m1/s1. The Balaban J connectivity index is 2.10. The van der Waals surface area contributed by atoms with E-state index in [1.807, 2.05) is 6.07 Å². The van der Waals surface area contributed by atoms with Crippen molar-refractivity contribution in [1.82, 2.24) is 10.3 Å². The molecular formula is C14H16N2O. The number of rotatable bonds is 2. The normalized spacial score (nSPS) is 19.2. The first-order chi connectivity index (χ1) is 8.25. The van der Waals surface area contributed by atoms with Crippen LogP contribution in [0.15, 0.2) is 24.3 Å². The molecule has 2 N–H and O–H groups in total. The van der Waals surface area contributed by atoms with Gasteiger partial charge in [0, 0.05) is 23.0 Å². The third-order valence-corrected chi connectivity index (χ3v) is 3.45. The number of hydrogen-bond donors (Lipinski definition) is 2. The van der Waals surface area contributed by atoms with Gasteiger partial charge >= 0.3 is 0 Å². The van der Waals surface area contributed by atoms with Crippen molar-refractivity contribution in [2.75, 3.05) is 6.54 Å². The number of hydrogen-bond acceptors (Lipinski definition) is 2. The lowest BCUT2D eigenvalue weighted by Crippen LogP contribution is -2.30. The first kappa shape index (κ1) is 10.5. The van der Waals surface area contributed by atoms with E-state index < -0.39 is 0 Å². The quantitative estimate of drug-likeness (QED) is 0.828. The number of para-hydroxylation sites is 1. The number of fused-ring (bicyclic) bond motifs is 3. The first-order valence-electron chi connectivity index (χ1n) is 6.08. The largest absolute Gasteiger partial charge is 0.357 e. The second-order valence-corrected chi connectivity index (χ2v) is 4.73. The molecule has 0 amide bonds. The number of aromatic nitrogens is 1. The number of H-pyrrole nitrogens is 1. The summed E-state index contributed by atoms with van der Waals surface area (Å²) in [6.07, 6.45) is 1.60. The van der Waals surface area contributed by atoms with Crippen molar-refractivity contribution in [3.63, 3.8) is 0 Å². The third kappa shape index (κ3) is 1.76. The van der Waals surface area contributed by atoms with E-state index in [4.69, 9.17) is 0 Å². The van der Waals surface area contributed by atoms with E-state index >= 15 is 0 Å². The Labute approximate surface area is 100 Å². The summed E-state index contributed by atoms with van der Waals surface area (Å²) in [7, 11) is 0. The molecule has 0 fully saturated rings. The van der Waals surface area contributed by atoms with Crippen molar-refractivity contribution in [3.05, 3.63) is 35.5 Å². The zero-order valence-corrected chi connectivity index (χ0v) is 9.92. The summed E-state index contributed by atoms with van der Waals surface area (Å²) in [5.74, 6) is 0.231. The van der Waals surface area contributed by atoms with E-state index in [2.05, 4.69) is 28.5 Å². The average Bonchev–Trinajstić information content (AvgIpc) is 2.68. The molecule has 0 radical (unpaired) electrons. The van der Waals surface area contributed by atoms with E-state index in [0.717, 1.165) is 13.0 Å². The maximum Gasteiger partial charge on any atom is 0.131 e. The van der Waals surface area contributed by atoms with Crippen LogP contribution < -0.4 is 5.32 Å². The summed E-state index contributed by atoms with van der Waals surface area (Å²) in [5, 5.41) is 4.72. The molecule has 2 aromatic rings. The average molecular weight is 228 g/mol. The summed E-state index contributed by atoms with van der Waals surface area (Å²) >= 11 is 0. The monoisotopic (exact) mass is 228 g/mol. The fourth-order valence-corrected chi connectivity index (χ4v) is 2.72. The van der Waals surface area contributed by atoms with Gasteiger partial charge in [0.2, 0.25) is 0 Å². The minimum Gasteiger partial charge on any atom is -0.357 e. The molecule has 0 unspecified atom stereocenters. The molecule has 0 aliphatic carbocycles. The van der Waals surface area contributed by atoms with Gasteiger partial charge in [-0.3, -0.25) is 4.79 Å². The molecule has 1 aliphatic heterocycles. The number of carbonyl (C=O) groups is 1. The summed E-state index contributed by atoms with van der Waals surface area (Å²) in [6.45, 7) is 2.60. The maximum absolute atomic E-state index is 11.3. The Bertz CT molecular complexity index is 571. The van der Waals surface area contributed by atoms with Crippen LogP contribution >= 0.6 is 0 Å². The van der Waals surface area contributed by atoms with Gasteiger partial charge in [-0.1, -0.05) is 18.2 Å². The van der Waals surface area contributed by atoms with Gasteiger partial charge in [-0.15, -0.1) is 0 Å². The molecule has 1 aromatic heterocycles. The van der Waals surface area contributed by atoms with Gasteiger partial charge in [-0.05, 0) is 31.5 Å². The molecule has 17 heavy (non-hydrogen) atoms. The summed E-state index contributed by atoms with van der Waals surface area (Å²) < 4.78 is 0. The second-order valence-electron chi connectivity index (χ2n) is 4.73. The van der Waals surface area contributed by atoms with Gasteiger partial charge in [-0.2, -0.15) is 0 Å². The highest BCUT2D eigenvalue weighted by Crippen LogP contribution is 2.31. The van der Waals surface area contributed by atoms with Crippen LogP contribution in [0.5, 0.6) is 0 Å². The first-order valence-corrected chi connectivity index (χ1v) is 6.08. The van der Waals surface area contributed by atoms with Crippen molar-refractivity contribution in [1.29, 1.82) is 0 Å². The Morgan fingerprint density at radius 2 is 2.24 bits per heavy atom. The second kappa shape index (κ2) is 4.00. The highest BCUT2D eigenvalue weighted by Gasteiger charge is 2.24. The molecule has 0 saturated carbocycles. The summed E-state index contributed by atoms with van der Waals surface area (Å²) in [5.41, 5.74) is 3.76. The summed E-state index contributed by atoms with van der Waals surface area (Å²) in [6, 6.07) is 8.51. The molecule has 0 saturated heterocycles. The lowest BCUT2D eigenvalue weighted by molar-refractivity contribution is -0.117. The van der Waals surface area contributed by atoms with Gasteiger partial charge in [-0.25, -0.2) is 0 Å². The Morgan fingerprint density at radius 1 is 1.41 bits per heavy atom. The van der Waals surface area contributed by atoms with Crippen molar-refractivity contribution in [3.8, 4) is 0 Å². The van der Waals surface area contributed by atoms with Crippen molar-refractivity contribution < 1.29 is 4.79 Å². The highest BCUT2D eigenvalue weighted by molar-refractivity contribution is 5.85. The minimum absolute atomic E-state index is 0.156. The van der Waals surface area contributed by atoms with E-state index in [0.29, 0.717) is 6.42 Å². The molecular weight excluding hydrogens is 212 g/mol. The van der Waals surface area contributed by atoms with E-state index in [-0.39, 0.29) is 11.8 Å². The molecule has 2 heterocycles. The molecule has 0 spiro atoms. The van der Waals surface area contributed by atoms with Gasteiger partial charge in [0.25, 0.3) is 0 Å². The lowest BCUT2D eigenvalue weighted by Gasteiger charge is -2.23. The topological polar surface area (TPSA) is 44.9 Å². The number of benzene rings is 1. The highest BCUT2D eigenvalue weighted by atomic mass is 16.1. The smallest absolute Gasteiger partial charge is 0.131 e. The SMILES string of the molecule is CC(=O)C[C@H]1NCCc2c1[nH]c1ccccc21. The van der Waals surface area contributed by atoms with Crippen LogP contribution in [0.1, 0.15) is 30.6 Å². The molecule has 1 atom stereocenters. The van der Waals surface area contributed by atoms with Crippen LogP contribution in [0.2, 0.25) is 0 Å². The predicted octanol–water partition coefficient (Wildman–Crippen LogP) is 2.33. The summed E-state index contributed by atoms with van der Waals surface area (Å²) in [4.78, 5) is 14.7. The molecule has 3 heteroatoms. The van der Waals surface area contributed by atoms with Crippen molar-refractivity contribution in [2.24, 2.45) is 0 Å². The Hall–Kier alpha value is -1.61. The molecule has 3 nitrogen and oxygen atoms in total. The molecule has 88 valence electrons. The van der Waals surface area contributed by atoms with Gasteiger partial charge < -0.3 is 10.3 Å². The predicted molar refractivity (Wildman–Crippen MR) is 68.0 cm³/mol. The Morgan fingerprint density at radius 3 is 3.06 bits per heavy atom. The number of ketones is 1. The van der Waals surface area contributed by atoms with Gasteiger partial charge in [0.05, 0.1) is 6.04 Å². The van der Waals surface area contributed by atoms with E-state index in [1.54, 1.807) is 6.92 Å². The number of Topliss-reactive ketones (excluding diaryl/α,β-unsaturated/α-hetero) is 1. The molecule has 1 aliphatic rings. The van der Waals surface area contributed by atoms with Gasteiger partial charge in [0.1, 0.15) is 5.78 Å². The number of aromatic amines is 1. The minimum atomic E-state index is 0.156. The maximum atomic E-state index is 11.3. The molecule has 3 rings (SSSR count). The third-order valence-electron chi connectivity index (χ3n) is 3.45. The Kier molecular flexibility index (Phi) is 2.48. The van der Waals surface area contributed by atoms with Crippen LogP contribution in [0.25, 0.3) is 10.9 Å². The zero-order chi connectivity index (χ0) is 11.8. The number of nitrogens with one attached hydrogen (secondary N) is 2. The van der Waals surface area contributed by atoms with E-state index in [1.165, 1.54) is 22.2 Å². The zero-order valence-electron chi connectivity index (χ0n) is 9.92. The van der Waals surface area contributed by atoms with Crippen molar-refractivity contribution >= 4 is 16.7 Å². The van der Waals surface area contributed by atoms with Crippen molar-refractivity contribution in [2.45, 2.75) is 25.8 Å². The van der Waals surface area contributed by atoms with E-state index in [9.17, 15) is 4.79 Å². The fraction of sp³-hybridized carbons (Fsp3) is 0.357.